The van der Waals surface area contributed by atoms with Crippen LogP contribution in [0, 0.1) is 17.8 Å². The minimum atomic E-state index is -0.865. The second kappa shape index (κ2) is 7.79. The van der Waals surface area contributed by atoms with Gasteiger partial charge in [-0.05, 0) is 23.5 Å². The molecule has 0 spiro atoms. The summed E-state index contributed by atoms with van der Waals surface area (Å²) >= 11 is 0. The van der Waals surface area contributed by atoms with Crippen LogP contribution in [0.4, 0.5) is 0 Å². The first kappa shape index (κ1) is 20.3. The van der Waals surface area contributed by atoms with Crippen LogP contribution in [0.15, 0.2) is 60.7 Å². The summed E-state index contributed by atoms with van der Waals surface area (Å²) in [6.07, 6.45) is 0.773. The van der Waals surface area contributed by atoms with Gasteiger partial charge in [-0.15, -0.1) is 0 Å². The van der Waals surface area contributed by atoms with Crippen LogP contribution in [0.2, 0.25) is 0 Å². The van der Waals surface area contributed by atoms with Crippen molar-refractivity contribution in [2.45, 2.75) is 44.3 Å². The number of hydrogen-bond donors (Lipinski definition) is 2. The van der Waals surface area contributed by atoms with Gasteiger partial charge in [0.05, 0.1) is 0 Å². The second-order valence-corrected chi connectivity index (χ2v) is 9.79. The first-order chi connectivity index (χ1) is 15.0. The van der Waals surface area contributed by atoms with Crippen LogP contribution in [-0.4, -0.2) is 41.4 Å². The molecule has 2 N–H and O–H groups in total. The molecule has 2 amide bonds. The van der Waals surface area contributed by atoms with Crippen molar-refractivity contribution in [2.24, 2.45) is 17.8 Å². The van der Waals surface area contributed by atoms with Crippen molar-refractivity contribution in [3.05, 3.63) is 71.8 Å². The fourth-order valence-electron chi connectivity index (χ4n) is 6.30. The zero-order chi connectivity index (χ0) is 21.6. The predicted molar refractivity (Wildman–Crippen MR) is 120 cm³/mol. The van der Waals surface area contributed by atoms with E-state index < -0.39 is 5.54 Å². The summed E-state index contributed by atoms with van der Waals surface area (Å²) in [5.74, 6) is 0.602. The van der Waals surface area contributed by atoms with E-state index in [1.165, 1.54) is 5.56 Å². The van der Waals surface area contributed by atoms with Gasteiger partial charge in [0.25, 0.3) is 0 Å². The molecule has 2 aromatic carbocycles. The molecule has 5 atom stereocenters. The highest BCUT2D eigenvalue weighted by molar-refractivity contribution is 5.97. The molecular weight excluding hydrogens is 386 g/mol. The Balaban J connectivity index is 1.52. The summed E-state index contributed by atoms with van der Waals surface area (Å²) < 4.78 is 0. The molecule has 0 unspecified atom stereocenters. The Kier molecular flexibility index (Phi) is 5.09. The third-order valence-corrected chi connectivity index (χ3v) is 7.39. The highest BCUT2D eigenvalue weighted by atomic mass is 16.2. The van der Waals surface area contributed by atoms with Crippen LogP contribution in [-0.2, 0) is 16.1 Å². The Morgan fingerprint density at radius 1 is 1.13 bits per heavy atom. The van der Waals surface area contributed by atoms with Crippen LogP contribution in [0.3, 0.4) is 0 Å². The van der Waals surface area contributed by atoms with E-state index in [0.717, 1.165) is 25.1 Å². The van der Waals surface area contributed by atoms with Crippen LogP contribution >= 0.6 is 0 Å². The van der Waals surface area contributed by atoms with E-state index in [0.29, 0.717) is 12.5 Å². The topological polar surface area (TPSA) is 61.4 Å². The molecule has 4 fully saturated rings. The molecule has 0 radical (unpaired) electrons. The lowest BCUT2D eigenvalue weighted by Gasteiger charge is -2.55. The number of carbonyl (C=O) groups excluding carboxylic acids is 2. The van der Waals surface area contributed by atoms with E-state index in [1.807, 2.05) is 48.5 Å². The van der Waals surface area contributed by atoms with Crippen molar-refractivity contribution < 1.29 is 9.59 Å². The average Bonchev–Trinajstić information content (AvgIpc) is 2.98. The van der Waals surface area contributed by atoms with Gasteiger partial charge < -0.3 is 10.6 Å². The average molecular weight is 418 g/mol. The number of hydrogen-bond acceptors (Lipinski definition) is 3. The molecular formula is C26H31N3O2. The molecule has 0 aromatic heterocycles. The summed E-state index contributed by atoms with van der Waals surface area (Å²) in [6, 6.07) is 20.3. The first-order valence-electron chi connectivity index (χ1n) is 11.4. The van der Waals surface area contributed by atoms with Gasteiger partial charge in [-0.3, -0.25) is 14.5 Å². The largest absolute Gasteiger partial charge is 0.350 e. The van der Waals surface area contributed by atoms with Gasteiger partial charge in [0.15, 0.2) is 0 Å². The Labute approximate surface area is 184 Å². The molecule has 162 valence electrons. The van der Waals surface area contributed by atoms with Crippen molar-refractivity contribution in [3.8, 4) is 0 Å². The smallest absolute Gasteiger partial charge is 0.248 e. The number of carbonyl (C=O) groups is 2. The number of nitrogens with one attached hydrogen (secondary N) is 2. The molecule has 5 heteroatoms. The molecule has 3 saturated heterocycles. The van der Waals surface area contributed by atoms with Crippen LogP contribution in [0.25, 0.3) is 0 Å². The zero-order valence-corrected chi connectivity index (χ0v) is 18.3. The van der Waals surface area contributed by atoms with E-state index in [2.05, 4.69) is 41.5 Å². The van der Waals surface area contributed by atoms with E-state index in [-0.39, 0.29) is 35.6 Å². The van der Waals surface area contributed by atoms with E-state index in [9.17, 15) is 9.59 Å². The second-order valence-electron chi connectivity index (χ2n) is 9.79. The highest BCUT2D eigenvalue weighted by Gasteiger charge is 2.70. The van der Waals surface area contributed by atoms with Crippen molar-refractivity contribution in [3.63, 3.8) is 0 Å². The van der Waals surface area contributed by atoms with Gasteiger partial charge in [-0.2, -0.15) is 0 Å². The summed E-state index contributed by atoms with van der Waals surface area (Å²) in [5.41, 5.74) is 1.37. The number of likely N-dealkylation sites (tertiary alicyclic amines) is 1. The van der Waals surface area contributed by atoms with Gasteiger partial charge in [0.2, 0.25) is 11.8 Å². The van der Waals surface area contributed by atoms with Crippen LogP contribution < -0.4 is 10.6 Å². The minimum absolute atomic E-state index is 0.0190. The zero-order valence-electron chi connectivity index (χ0n) is 18.3. The third kappa shape index (κ3) is 3.26. The maximum Gasteiger partial charge on any atom is 0.248 e. The molecule has 3 aliphatic heterocycles. The normalized spacial score (nSPS) is 31.6. The minimum Gasteiger partial charge on any atom is -0.350 e. The van der Waals surface area contributed by atoms with Gasteiger partial charge >= 0.3 is 0 Å². The molecule has 6 rings (SSSR count). The highest BCUT2D eigenvalue weighted by Crippen LogP contribution is 2.56. The Bertz CT molecular complexity index is 961. The monoisotopic (exact) mass is 417 g/mol. The summed E-state index contributed by atoms with van der Waals surface area (Å²) in [6.45, 7) is 6.71. The van der Waals surface area contributed by atoms with E-state index >= 15 is 0 Å². The summed E-state index contributed by atoms with van der Waals surface area (Å²) in [5, 5.41) is 6.41. The Hall–Kier alpha value is -2.66. The first-order valence-corrected chi connectivity index (χ1v) is 11.4. The van der Waals surface area contributed by atoms with Crippen LogP contribution in [0.5, 0.6) is 0 Å². The lowest BCUT2D eigenvalue weighted by Crippen LogP contribution is -2.77. The number of nitrogens with zero attached hydrogens (tertiary/aromatic N) is 1. The quantitative estimate of drug-likeness (QED) is 0.760. The SMILES string of the molecule is CC(C)CN1C[C@@H]2C[C@H]3C(=O)N[C@]2(C(=O)NCc2ccccc2)[C@@H]1[C@@H]3c1ccccc1. The van der Waals surface area contributed by atoms with Crippen LogP contribution in [0.1, 0.15) is 37.3 Å². The number of amides is 2. The third-order valence-electron chi connectivity index (χ3n) is 7.39. The maximum absolute atomic E-state index is 13.8. The lowest BCUT2D eigenvalue weighted by molar-refractivity contribution is -0.150. The number of benzene rings is 2. The fraction of sp³-hybridized carbons (Fsp3) is 0.462. The number of fused-ring (bicyclic) bond motifs is 1. The fourth-order valence-corrected chi connectivity index (χ4v) is 6.30. The predicted octanol–water partition coefficient (Wildman–Crippen LogP) is 2.93. The summed E-state index contributed by atoms with van der Waals surface area (Å²) in [7, 11) is 0. The molecule has 4 bridgehead atoms. The van der Waals surface area contributed by atoms with E-state index in [4.69, 9.17) is 0 Å². The van der Waals surface area contributed by atoms with E-state index in [1.54, 1.807) is 0 Å². The molecule has 1 saturated carbocycles. The Morgan fingerprint density at radius 3 is 2.48 bits per heavy atom. The lowest BCUT2D eigenvalue weighted by atomic mass is 9.57. The molecule has 31 heavy (non-hydrogen) atoms. The van der Waals surface area contributed by atoms with Gasteiger partial charge in [0, 0.05) is 43.4 Å². The standard InChI is InChI=1S/C26H31N3O2/c1-17(2)15-29-16-20-13-21-22(19-11-7-4-8-12-19)23(29)26(20,28-24(21)30)25(31)27-14-18-9-5-3-6-10-18/h3-12,17,20-23H,13-16H2,1-2H3,(H,27,31)(H,28,30)/t20-,21+,22+,23-,26-/m0/s1. The summed E-state index contributed by atoms with van der Waals surface area (Å²) in [4.78, 5) is 29.5. The number of piperidine rings is 2. The molecule has 1 aliphatic carbocycles. The Morgan fingerprint density at radius 2 is 1.81 bits per heavy atom. The number of rotatable bonds is 6. The molecule has 5 nitrogen and oxygen atoms in total. The van der Waals surface area contributed by atoms with Crippen molar-refractivity contribution >= 4 is 11.8 Å². The van der Waals surface area contributed by atoms with Crippen molar-refractivity contribution in [1.82, 2.24) is 15.5 Å². The van der Waals surface area contributed by atoms with Gasteiger partial charge in [-0.1, -0.05) is 74.5 Å². The molecule has 2 aromatic rings. The maximum atomic E-state index is 13.8. The van der Waals surface area contributed by atoms with Crippen molar-refractivity contribution in [1.29, 1.82) is 0 Å². The molecule has 4 aliphatic rings. The van der Waals surface area contributed by atoms with Crippen molar-refractivity contribution in [2.75, 3.05) is 13.1 Å². The van der Waals surface area contributed by atoms with Gasteiger partial charge in [-0.25, -0.2) is 0 Å². The molecule has 3 heterocycles. The van der Waals surface area contributed by atoms with Gasteiger partial charge in [0.1, 0.15) is 5.54 Å².